The molecule has 0 aliphatic carbocycles. The van der Waals surface area contributed by atoms with E-state index < -0.39 is 0 Å². The van der Waals surface area contributed by atoms with E-state index in [2.05, 4.69) is 39.5 Å². The molecule has 1 amide bonds. The normalized spacial score (nSPS) is 14.2. The van der Waals surface area contributed by atoms with Crippen LogP contribution in [0.15, 0.2) is 53.8 Å². The predicted molar refractivity (Wildman–Crippen MR) is 129 cm³/mol. The van der Waals surface area contributed by atoms with E-state index in [4.69, 9.17) is 0 Å². The second-order valence-electron chi connectivity index (χ2n) is 7.10. The van der Waals surface area contributed by atoms with Gasteiger partial charge in [0.2, 0.25) is 0 Å². The Morgan fingerprint density at radius 1 is 1.07 bits per heavy atom. The molecule has 6 nitrogen and oxygen atoms in total. The molecule has 0 bridgehead atoms. The molecule has 3 rings (SSSR count). The van der Waals surface area contributed by atoms with Crippen molar-refractivity contribution in [3.63, 3.8) is 0 Å². The predicted octanol–water partition coefficient (Wildman–Crippen LogP) is 3.49. The highest BCUT2D eigenvalue weighted by atomic mass is 127. The van der Waals surface area contributed by atoms with Gasteiger partial charge in [-0.1, -0.05) is 12.1 Å². The Kier molecular flexibility index (Phi) is 10.0. The van der Waals surface area contributed by atoms with Gasteiger partial charge in [-0.15, -0.1) is 24.0 Å². The molecule has 0 saturated carbocycles. The van der Waals surface area contributed by atoms with Crippen LogP contribution < -0.4 is 10.6 Å². The van der Waals surface area contributed by atoms with Gasteiger partial charge in [-0.2, -0.15) is 0 Å². The summed E-state index contributed by atoms with van der Waals surface area (Å²) in [7, 11) is 0. The molecule has 29 heavy (non-hydrogen) atoms. The highest BCUT2D eigenvalue weighted by Crippen LogP contribution is 2.14. The number of likely N-dealkylation sites (tertiary alicyclic amines) is 1. The number of hydrogen-bond acceptors (Lipinski definition) is 2. The van der Waals surface area contributed by atoms with E-state index in [0.29, 0.717) is 6.54 Å². The van der Waals surface area contributed by atoms with Crippen molar-refractivity contribution >= 4 is 35.8 Å². The number of nitrogens with one attached hydrogen (secondary N) is 2. The number of halogens is 1. The smallest absolute Gasteiger partial charge is 0.253 e. The largest absolute Gasteiger partial charge is 0.357 e. The van der Waals surface area contributed by atoms with Gasteiger partial charge in [-0.05, 0) is 56.0 Å². The molecule has 2 aromatic rings. The standard InChI is InChI=1S/C22H31N5O.HI/c1-2-23-22(24-11-16-26-12-6-7-13-26)25-18-19-9-8-10-20(17-19)21(28)27-14-4-3-5-15-27;/h6-10,12-13,17H,2-5,11,14-16,18H2,1H3,(H2,23,24,25);1H. The third-order valence-electron chi connectivity index (χ3n) is 4.91. The average Bonchev–Trinajstić information content (AvgIpc) is 3.26. The molecule has 0 atom stereocenters. The summed E-state index contributed by atoms with van der Waals surface area (Å²) in [6.45, 7) is 6.84. The minimum atomic E-state index is 0. The lowest BCUT2D eigenvalue weighted by Gasteiger charge is -2.26. The van der Waals surface area contributed by atoms with Crippen molar-refractivity contribution in [2.24, 2.45) is 4.99 Å². The Bertz CT molecular complexity index is 769. The zero-order valence-electron chi connectivity index (χ0n) is 17.1. The topological polar surface area (TPSA) is 61.7 Å². The molecule has 1 aliphatic rings. The summed E-state index contributed by atoms with van der Waals surface area (Å²) in [6, 6.07) is 11.9. The molecule has 1 aliphatic heterocycles. The van der Waals surface area contributed by atoms with Crippen molar-refractivity contribution in [1.82, 2.24) is 20.1 Å². The van der Waals surface area contributed by atoms with E-state index in [9.17, 15) is 4.79 Å². The summed E-state index contributed by atoms with van der Waals surface area (Å²) in [5.41, 5.74) is 1.81. The summed E-state index contributed by atoms with van der Waals surface area (Å²) in [4.78, 5) is 19.4. The van der Waals surface area contributed by atoms with Gasteiger partial charge in [0.15, 0.2) is 5.96 Å². The van der Waals surface area contributed by atoms with Gasteiger partial charge in [0.05, 0.1) is 6.54 Å². The highest BCUT2D eigenvalue weighted by Gasteiger charge is 2.18. The third kappa shape index (κ3) is 7.38. The number of carbonyl (C=O) groups is 1. The zero-order valence-corrected chi connectivity index (χ0v) is 19.5. The van der Waals surface area contributed by atoms with Gasteiger partial charge in [0.1, 0.15) is 0 Å². The number of guanidine groups is 1. The number of carbonyl (C=O) groups excluding carboxylic acids is 1. The molecule has 2 heterocycles. The van der Waals surface area contributed by atoms with Crippen LogP contribution in [0.1, 0.15) is 42.1 Å². The summed E-state index contributed by atoms with van der Waals surface area (Å²) in [5.74, 6) is 0.935. The molecule has 0 radical (unpaired) electrons. The number of nitrogens with zero attached hydrogens (tertiary/aromatic N) is 3. The summed E-state index contributed by atoms with van der Waals surface area (Å²) in [6.07, 6.45) is 7.54. The van der Waals surface area contributed by atoms with Crippen LogP contribution in [0.4, 0.5) is 0 Å². The number of amides is 1. The molecule has 7 heteroatoms. The molecule has 158 valence electrons. The number of aromatic nitrogens is 1. The first-order valence-corrected chi connectivity index (χ1v) is 10.3. The van der Waals surface area contributed by atoms with Gasteiger partial charge < -0.3 is 20.1 Å². The number of aliphatic imine (C=N–C) groups is 1. The molecule has 0 unspecified atom stereocenters. The minimum absolute atomic E-state index is 0. The second kappa shape index (κ2) is 12.5. The number of benzene rings is 1. The maximum Gasteiger partial charge on any atom is 0.253 e. The lowest BCUT2D eigenvalue weighted by atomic mass is 10.1. The third-order valence-corrected chi connectivity index (χ3v) is 4.91. The molecular formula is C22H32IN5O. The Labute approximate surface area is 190 Å². The van der Waals surface area contributed by atoms with Crippen molar-refractivity contribution < 1.29 is 4.79 Å². The van der Waals surface area contributed by atoms with E-state index in [-0.39, 0.29) is 29.9 Å². The lowest BCUT2D eigenvalue weighted by Crippen LogP contribution is -2.38. The van der Waals surface area contributed by atoms with E-state index in [1.165, 1.54) is 6.42 Å². The van der Waals surface area contributed by atoms with Crippen LogP contribution in [0.25, 0.3) is 0 Å². The molecular weight excluding hydrogens is 477 g/mol. The van der Waals surface area contributed by atoms with Crippen LogP contribution in [-0.2, 0) is 13.1 Å². The van der Waals surface area contributed by atoms with Crippen molar-refractivity contribution in [2.75, 3.05) is 26.2 Å². The van der Waals surface area contributed by atoms with Crippen molar-refractivity contribution in [3.8, 4) is 0 Å². The summed E-state index contributed by atoms with van der Waals surface area (Å²) in [5, 5.41) is 6.64. The van der Waals surface area contributed by atoms with Crippen molar-refractivity contribution in [3.05, 3.63) is 59.9 Å². The van der Waals surface area contributed by atoms with Gasteiger partial charge in [0.25, 0.3) is 5.91 Å². The quantitative estimate of drug-likeness (QED) is 0.342. The Hall–Kier alpha value is -2.03. The van der Waals surface area contributed by atoms with E-state index in [1.807, 2.05) is 41.3 Å². The first-order chi connectivity index (χ1) is 13.8. The number of rotatable bonds is 7. The van der Waals surface area contributed by atoms with Gasteiger partial charge >= 0.3 is 0 Å². The van der Waals surface area contributed by atoms with Crippen LogP contribution in [0.5, 0.6) is 0 Å². The molecule has 1 fully saturated rings. The van der Waals surface area contributed by atoms with Crippen molar-refractivity contribution in [1.29, 1.82) is 0 Å². The maximum absolute atomic E-state index is 12.7. The molecule has 1 aromatic heterocycles. The molecule has 1 aromatic carbocycles. The summed E-state index contributed by atoms with van der Waals surface area (Å²) >= 11 is 0. The van der Waals surface area contributed by atoms with Crippen LogP contribution in [0.2, 0.25) is 0 Å². The summed E-state index contributed by atoms with van der Waals surface area (Å²) < 4.78 is 2.13. The fourth-order valence-corrected chi connectivity index (χ4v) is 3.42. The average molecular weight is 509 g/mol. The maximum atomic E-state index is 12.7. The van der Waals surface area contributed by atoms with E-state index in [1.54, 1.807) is 0 Å². The van der Waals surface area contributed by atoms with Gasteiger partial charge in [-0.25, -0.2) is 4.99 Å². The zero-order chi connectivity index (χ0) is 19.6. The molecule has 1 saturated heterocycles. The Morgan fingerprint density at radius 3 is 2.55 bits per heavy atom. The fraction of sp³-hybridized carbons (Fsp3) is 0.455. The van der Waals surface area contributed by atoms with E-state index >= 15 is 0 Å². The first-order valence-electron chi connectivity index (χ1n) is 10.3. The second-order valence-corrected chi connectivity index (χ2v) is 7.10. The number of hydrogen-bond donors (Lipinski definition) is 2. The van der Waals surface area contributed by atoms with Gasteiger partial charge in [-0.3, -0.25) is 4.79 Å². The SMILES string of the molecule is CCNC(=NCc1cccc(C(=O)N2CCCCC2)c1)NCCn1cccc1.I. The Morgan fingerprint density at radius 2 is 1.83 bits per heavy atom. The fourth-order valence-electron chi connectivity index (χ4n) is 3.42. The molecule has 0 spiro atoms. The van der Waals surface area contributed by atoms with Gasteiger partial charge in [0, 0.05) is 50.7 Å². The van der Waals surface area contributed by atoms with Crippen LogP contribution in [0, 0.1) is 0 Å². The highest BCUT2D eigenvalue weighted by molar-refractivity contribution is 14.0. The van der Waals surface area contributed by atoms with Crippen LogP contribution in [-0.4, -0.2) is 47.5 Å². The first kappa shape index (κ1) is 23.3. The Balaban J connectivity index is 0.00000300. The monoisotopic (exact) mass is 509 g/mol. The van der Waals surface area contributed by atoms with Crippen molar-refractivity contribution in [2.45, 2.75) is 39.3 Å². The molecule has 2 N–H and O–H groups in total. The van der Waals surface area contributed by atoms with Crippen LogP contribution >= 0.6 is 24.0 Å². The lowest BCUT2D eigenvalue weighted by molar-refractivity contribution is 0.0724. The van der Waals surface area contributed by atoms with E-state index in [0.717, 1.165) is 62.7 Å². The van der Waals surface area contributed by atoms with Crippen LogP contribution in [0.3, 0.4) is 0 Å². The minimum Gasteiger partial charge on any atom is -0.357 e. The number of piperidine rings is 1.